The van der Waals surface area contributed by atoms with Crippen molar-refractivity contribution in [3.63, 3.8) is 0 Å². The van der Waals surface area contributed by atoms with Gasteiger partial charge in [-0.05, 0) is 23.8 Å². The van der Waals surface area contributed by atoms with Gasteiger partial charge in [-0.1, -0.05) is 23.2 Å². The molecule has 0 saturated heterocycles. The number of benzene rings is 1. The Morgan fingerprint density at radius 1 is 1.35 bits per heavy atom. The van der Waals surface area contributed by atoms with Gasteiger partial charge in [-0.25, -0.2) is 9.67 Å². The number of carbonyl (C=O) groups is 1. The minimum absolute atomic E-state index is 0.0447. The summed E-state index contributed by atoms with van der Waals surface area (Å²) in [5, 5.41) is 17.2. The van der Waals surface area contributed by atoms with Crippen LogP contribution in [0.1, 0.15) is 11.7 Å². The van der Waals surface area contributed by atoms with Gasteiger partial charge in [0.1, 0.15) is 19.2 Å². The first-order valence-electron chi connectivity index (χ1n) is 5.78. The highest BCUT2D eigenvalue weighted by molar-refractivity contribution is 6.34. The van der Waals surface area contributed by atoms with E-state index in [1.54, 1.807) is 18.2 Å². The molecule has 0 fully saturated rings. The first-order chi connectivity index (χ1) is 9.54. The minimum Gasteiger partial charge on any atom is -0.387 e. The van der Waals surface area contributed by atoms with Crippen LogP contribution in [0.25, 0.3) is 0 Å². The third-order valence-corrected chi connectivity index (χ3v) is 2.97. The van der Waals surface area contributed by atoms with Crippen molar-refractivity contribution in [1.82, 2.24) is 20.1 Å². The van der Waals surface area contributed by atoms with Crippen molar-refractivity contribution in [2.24, 2.45) is 0 Å². The molecule has 8 heteroatoms. The number of hydrogen-bond donors (Lipinski definition) is 2. The number of rotatable bonds is 5. The molecule has 0 aliphatic carbocycles. The van der Waals surface area contributed by atoms with Gasteiger partial charge in [-0.15, -0.1) is 0 Å². The standard InChI is InChI=1S/C12H12Cl2N4O2/c13-9-1-8(2-10(14)3-9)11(19)4-16-12(20)5-18-7-15-6-17-18/h1-3,6-7,11,19H,4-5H2,(H,16,20)/t11-/m0/s1. The van der Waals surface area contributed by atoms with Gasteiger partial charge in [0, 0.05) is 16.6 Å². The third kappa shape index (κ3) is 4.19. The molecule has 6 nitrogen and oxygen atoms in total. The number of nitrogens with zero attached hydrogens (tertiary/aromatic N) is 3. The molecule has 20 heavy (non-hydrogen) atoms. The molecule has 1 aromatic carbocycles. The van der Waals surface area contributed by atoms with Gasteiger partial charge in [-0.3, -0.25) is 4.79 Å². The van der Waals surface area contributed by atoms with Crippen molar-refractivity contribution >= 4 is 29.1 Å². The smallest absolute Gasteiger partial charge is 0.241 e. The molecule has 0 aliphatic heterocycles. The summed E-state index contributed by atoms with van der Waals surface area (Å²) >= 11 is 11.7. The SMILES string of the molecule is O=C(Cn1cncn1)NC[C@H](O)c1cc(Cl)cc(Cl)c1. The highest BCUT2D eigenvalue weighted by Gasteiger charge is 2.11. The number of halogens is 2. The Morgan fingerprint density at radius 2 is 2.05 bits per heavy atom. The Morgan fingerprint density at radius 3 is 2.65 bits per heavy atom. The van der Waals surface area contributed by atoms with E-state index in [0.29, 0.717) is 15.6 Å². The first kappa shape index (κ1) is 14.8. The van der Waals surface area contributed by atoms with Crippen molar-refractivity contribution in [3.8, 4) is 0 Å². The Balaban J connectivity index is 1.88. The van der Waals surface area contributed by atoms with Gasteiger partial charge in [0.15, 0.2) is 0 Å². The van der Waals surface area contributed by atoms with Crippen LogP contribution in [-0.2, 0) is 11.3 Å². The molecule has 0 bridgehead atoms. The molecule has 0 unspecified atom stereocenters. The number of carbonyl (C=O) groups excluding carboxylic acids is 1. The summed E-state index contributed by atoms with van der Waals surface area (Å²) < 4.78 is 1.39. The van der Waals surface area contributed by atoms with E-state index in [0.717, 1.165) is 0 Å². The van der Waals surface area contributed by atoms with E-state index in [9.17, 15) is 9.90 Å². The number of aromatic nitrogens is 3. The fourth-order valence-corrected chi connectivity index (χ4v) is 2.16. The van der Waals surface area contributed by atoms with Crippen LogP contribution in [0.15, 0.2) is 30.9 Å². The van der Waals surface area contributed by atoms with Crippen LogP contribution in [0.5, 0.6) is 0 Å². The molecule has 2 rings (SSSR count). The van der Waals surface area contributed by atoms with Gasteiger partial charge >= 0.3 is 0 Å². The summed E-state index contributed by atoms with van der Waals surface area (Å²) in [5.41, 5.74) is 0.545. The van der Waals surface area contributed by atoms with E-state index in [4.69, 9.17) is 23.2 Å². The summed E-state index contributed by atoms with van der Waals surface area (Å²) in [5.74, 6) is -0.275. The van der Waals surface area contributed by atoms with E-state index in [-0.39, 0.29) is 19.0 Å². The molecule has 1 aromatic heterocycles. The highest BCUT2D eigenvalue weighted by Crippen LogP contribution is 2.23. The van der Waals surface area contributed by atoms with Gasteiger partial charge < -0.3 is 10.4 Å². The minimum atomic E-state index is -0.883. The predicted molar refractivity (Wildman–Crippen MR) is 74.5 cm³/mol. The first-order valence-corrected chi connectivity index (χ1v) is 6.53. The van der Waals surface area contributed by atoms with Crippen molar-refractivity contribution in [2.45, 2.75) is 12.6 Å². The Hall–Kier alpha value is -1.63. The number of hydrogen-bond acceptors (Lipinski definition) is 4. The Labute approximate surface area is 125 Å². The average Bonchev–Trinajstić information content (AvgIpc) is 2.87. The molecule has 0 aliphatic rings. The lowest BCUT2D eigenvalue weighted by molar-refractivity contribution is -0.122. The monoisotopic (exact) mass is 314 g/mol. The average molecular weight is 315 g/mol. The molecule has 1 amide bonds. The van der Waals surface area contributed by atoms with E-state index in [1.807, 2.05) is 0 Å². The van der Waals surface area contributed by atoms with Crippen LogP contribution in [0, 0.1) is 0 Å². The Kier molecular flexibility index (Phi) is 4.94. The predicted octanol–water partition coefficient (Wildman–Crippen LogP) is 1.43. The van der Waals surface area contributed by atoms with Gasteiger partial charge in [0.2, 0.25) is 5.91 Å². The molecule has 1 heterocycles. The molecular formula is C12H12Cl2N4O2. The summed E-state index contributed by atoms with van der Waals surface area (Å²) in [7, 11) is 0. The molecular weight excluding hydrogens is 303 g/mol. The number of aliphatic hydroxyl groups excluding tert-OH is 1. The largest absolute Gasteiger partial charge is 0.387 e. The highest BCUT2D eigenvalue weighted by atomic mass is 35.5. The fraction of sp³-hybridized carbons (Fsp3) is 0.250. The summed E-state index contributed by atoms with van der Waals surface area (Å²) in [4.78, 5) is 15.3. The Bertz CT molecular complexity index is 569. The fourth-order valence-electron chi connectivity index (χ4n) is 1.61. The van der Waals surface area contributed by atoms with E-state index in [1.165, 1.54) is 17.3 Å². The number of aliphatic hydroxyl groups is 1. The zero-order valence-electron chi connectivity index (χ0n) is 10.3. The third-order valence-electron chi connectivity index (χ3n) is 2.53. The van der Waals surface area contributed by atoms with E-state index < -0.39 is 6.10 Å². The molecule has 2 aromatic rings. The van der Waals surface area contributed by atoms with Crippen LogP contribution < -0.4 is 5.32 Å². The lowest BCUT2D eigenvalue weighted by Gasteiger charge is -2.13. The lowest BCUT2D eigenvalue weighted by Crippen LogP contribution is -2.31. The van der Waals surface area contributed by atoms with E-state index in [2.05, 4.69) is 15.4 Å². The van der Waals surface area contributed by atoms with Crippen LogP contribution in [-0.4, -0.2) is 32.3 Å². The maximum atomic E-state index is 11.6. The quantitative estimate of drug-likeness (QED) is 0.875. The maximum Gasteiger partial charge on any atom is 0.241 e. The van der Waals surface area contributed by atoms with Crippen LogP contribution in [0.4, 0.5) is 0 Å². The van der Waals surface area contributed by atoms with Crippen molar-refractivity contribution in [3.05, 3.63) is 46.5 Å². The van der Waals surface area contributed by atoms with Crippen molar-refractivity contribution < 1.29 is 9.90 Å². The van der Waals surface area contributed by atoms with Crippen molar-refractivity contribution in [1.29, 1.82) is 0 Å². The van der Waals surface area contributed by atoms with Crippen molar-refractivity contribution in [2.75, 3.05) is 6.54 Å². The summed E-state index contributed by atoms with van der Waals surface area (Å²) in [6, 6.07) is 4.77. The van der Waals surface area contributed by atoms with Crippen LogP contribution in [0.3, 0.4) is 0 Å². The molecule has 1 atom stereocenters. The number of amides is 1. The second kappa shape index (κ2) is 6.69. The summed E-state index contributed by atoms with van der Waals surface area (Å²) in [6.45, 7) is 0.104. The van der Waals surface area contributed by atoms with Gasteiger partial charge in [-0.2, -0.15) is 5.10 Å². The molecule has 106 valence electrons. The molecule has 0 saturated carbocycles. The topological polar surface area (TPSA) is 80.0 Å². The van der Waals surface area contributed by atoms with Gasteiger partial charge in [0.05, 0.1) is 6.10 Å². The zero-order chi connectivity index (χ0) is 14.5. The van der Waals surface area contributed by atoms with Gasteiger partial charge in [0.25, 0.3) is 0 Å². The van der Waals surface area contributed by atoms with Crippen LogP contribution >= 0.6 is 23.2 Å². The molecule has 0 radical (unpaired) electrons. The molecule has 0 spiro atoms. The second-order valence-electron chi connectivity index (χ2n) is 4.12. The number of nitrogens with one attached hydrogen (secondary N) is 1. The van der Waals surface area contributed by atoms with E-state index >= 15 is 0 Å². The lowest BCUT2D eigenvalue weighted by atomic mass is 10.1. The second-order valence-corrected chi connectivity index (χ2v) is 4.99. The molecule has 2 N–H and O–H groups in total. The summed E-state index contributed by atoms with van der Waals surface area (Å²) in [6.07, 6.45) is 1.90. The zero-order valence-corrected chi connectivity index (χ0v) is 11.8. The maximum absolute atomic E-state index is 11.6. The van der Waals surface area contributed by atoms with Crippen LogP contribution in [0.2, 0.25) is 10.0 Å². The normalized spacial score (nSPS) is 12.2.